The molecule has 38 heavy (non-hydrogen) atoms. The van der Waals surface area contributed by atoms with Crippen LogP contribution in [-0.4, -0.2) is 81.3 Å². The van der Waals surface area contributed by atoms with Crippen LogP contribution in [0.1, 0.15) is 43.3 Å². The van der Waals surface area contributed by atoms with E-state index in [-0.39, 0.29) is 30.3 Å². The Morgan fingerprint density at radius 3 is 2.76 bits per heavy atom. The summed E-state index contributed by atoms with van der Waals surface area (Å²) in [6.45, 7) is 5.89. The van der Waals surface area contributed by atoms with Crippen molar-refractivity contribution in [3.8, 4) is 22.8 Å². The molecular weight excluding hydrogens is 491 g/mol. The Morgan fingerprint density at radius 2 is 2.03 bits per heavy atom. The maximum Gasteiger partial charge on any atom is 0.250 e. The van der Waals surface area contributed by atoms with Gasteiger partial charge in [-0.05, 0) is 25.5 Å². The van der Waals surface area contributed by atoms with E-state index in [1.165, 1.54) is 13.2 Å². The van der Waals surface area contributed by atoms with Crippen molar-refractivity contribution < 1.29 is 23.5 Å². The Bertz CT molecular complexity index is 1360. The molecule has 200 valence electrons. The van der Waals surface area contributed by atoms with Crippen molar-refractivity contribution in [2.24, 2.45) is 0 Å². The first-order valence-corrected chi connectivity index (χ1v) is 12.8. The number of nitrogens with zero attached hydrogens (tertiary/aromatic N) is 6. The quantitative estimate of drug-likeness (QED) is 0.491. The second-order valence-corrected chi connectivity index (χ2v) is 9.38. The SMILES string of the molecule is CCC(=O)N1CCN(C(C)c2cc(-c3nn(-c4cnc(OC)c(F)c4)c4c3CCOCC4)ccn2)C(=O)C1. The molecule has 0 N–H and O–H groups in total. The second kappa shape index (κ2) is 10.9. The summed E-state index contributed by atoms with van der Waals surface area (Å²) in [4.78, 5) is 37.0. The van der Waals surface area contributed by atoms with Gasteiger partial charge in [0.2, 0.25) is 17.7 Å². The van der Waals surface area contributed by atoms with E-state index >= 15 is 0 Å². The first-order chi connectivity index (χ1) is 18.4. The van der Waals surface area contributed by atoms with Crippen LogP contribution < -0.4 is 4.74 Å². The van der Waals surface area contributed by atoms with Crippen LogP contribution in [0.15, 0.2) is 30.6 Å². The lowest BCUT2D eigenvalue weighted by Gasteiger charge is -2.37. The summed E-state index contributed by atoms with van der Waals surface area (Å²) in [5.41, 5.74) is 4.83. The van der Waals surface area contributed by atoms with Gasteiger partial charge in [0.15, 0.2) is 5.82 Å². The largest absolute Gasteiger partial charge is 0.479 e. The number of pyridine rings is 2. The zero-order valence-corrected chi connectivity index (χ0v) is 21.8. The van der Waals surface area contributed by atoms with Gasteiger partial charge < -0.3 is 19.3 Å². The molecule has 1 unspecified atom stereocenters. The van der Waals surface area contributed by atoms with Crippen LogP contribution in [-0.2, 0) is 27.2 Å². The third-order valence-electron chi connectivity index (χ3n) is 7.16. The number of piperazine rings is 1. The van der Waals surface area contributed by atoms with E-state index in [1.54, 1.807) is 33.8 Å². The monoisotopic (exact) mass is 522 g/mol. The molecule has 2 aliphatic heterocycles. The number of carbonyl (C=O) groups excluding carboxylic acids is 2. The van der Waals surface area contributed by atoms with Crippen molar-refractivity contribution in [2.45, 2.75) is 39.2 Å². The maximum atomic E-state index is 14.5. The Hall–Kier alpha value is -3.86. The van der Waals surface area contributed by atoms with Gasteiger partial charge >= 0.3 is 0 Å². The van der Waals surface area contributed by atoms with E-state index in [0.717, 1.165) is 28.2 Å². The minimum Gasteiger partial charge on any atom is -0.479 e. The molecule has 0 aliphatic carbocycles. The topological polar surface area (TPSA) is 103 Å². The standard InChI is InChI=1S/C27H31FN6O4/c1-4-24(35)32-9-10-33(25(36)16-32)17(2)22-13-18(5-8-29-22)26-20-6-11-38-12-7-23(20)34(31-26)19-14-21(28)27(37-3)30-15-19/h5,8,13-15,17H,4,6-7,9-12,16H2,1-3H3. The number of amides is 2. The minimum atomic E-state index is -0.564. The number of halogens is 1. The highest BCUT2D eigenvalue weighted by Crippen LogP contribution is 2.32. The fraction of sp³-hybridized carbons (Fsp3) is 0.444. The van der Waals surface area contributed by atoms with E-state index in [4.69, 9.17) is 14.6 Å². The molecule has 0 spiro atoms. The number of hydrogen-bond donors (Lipinski definition) is 0. The average molecular weight is 523 g/mol. The Balaban J connectivity index is 1.48. The molecule has 0 saturated carbocycles. The van der Waals surface area contributed by atoms with Crippen LogP contribution in [0.3, 0.4) is 0 Å². The molecule has 3 aromatic rings. The lowest BCUT2D eigenvalue weighted by Crippen LogP contribution is -2.52. The van der Waals surface area contributed by atoms with Crippen LogP contribution in [0.2, 0.25) is 0 Å². The molecular formula is C27H31FN6O4. The number of rotatable bonds is 6. The molecule has 1 saturated heterocycles. The highest BCUT2D eigenvalue weighted by molar-refractivity contribution is 5.86. The van der Waals surface area contributed by atoms with Gasteiger partial charge in [0.25, 0.3) is 0 Å². The summed E-state index contributed by atoms with van der Waals surface area (Å²) in [6, 6.07) is 4.93. The molecule has 0 radical (unpaired) electrons. The smallest absolute Gasteiger partial charge is 0.250 e. The van der Waals surface area contributed by atoms with Crippen LogP contribution in [0.5, 0.6) is 5.88 Å². The molecule has 11 heteroatoms. The summed E-state index contributed by atoms with van der Waals surface area (Å²) < 4.78 is 26.9. The van der Waals surface area contributed by atoms with Gasteiger partial charge in [-0.15, -0.1) is 0 Å². The van der Waals surface area contributed by atoms with Gasteiger partial charge in [-0.25, -0.2) is 14.1 Å². The van der Waals surface area contributed by atoms with E-state index in [2.05, 4.69) is 9.97 Å². The van der Waals surface area contributed by atoms with Crippen LogP contribution in [0.25, 0.3) is 16.9 Å². The van der Waals surface area contributed by atoms with Crippen molar-refractivity contribution in [2.75, 3.05) is 40.0 Å². The zero-order valence-electron chi connectivity index (χ0n) is 21.8. The fourth-order valence-electron chi connectivity index (χ4n) is 5.09. The molecule has 3 aromatic heterocycles. The number of ether oxygens (including phenoxy) is 2. The molecule has 2 amide bonds. The van der Waals surface area contributed by atoms with Crippen LogP contribution >= 0.6 is 0 Å². The molecule has 5 rings (SSSR count). The van der Waals surface area contributed by atoms with Gasteiger partial charge in [-0.1, -0.05) is 6.92 Å². The number of carbonyl (C=O) groups is 2. The predicted octanol–water partition coefficient (Wildman–Crippen LogP) is 2.73. The summed E-state index contributed by atoms with van der Waals surface area (Å²) in [5, 5.41) is 4.90. The number of fused-ring (bicyclic) bond motifs is 1. The molecule has 1 fully saturated rings. The fourth-order valence-corrected chi connectivity index (χ4v) is 5.09. The van der Waals surface area contributed by atoms with Gasteiger partial charge in [-0.2, -0.15) is 5.10 Å². The third-order valence-corrected chi connectivity index (χ3v) is 7.16. The van der Waals surface area contributed by atoms with Crippen molar-refractivity contribution >= 4 is 11.8 Å². The van der Waals surface area contributed by atoms with Crippen molar-refractivity contribution in [1.82, 2.24) is 29.5 Å². The molecule has 1 atom stereocenters. The highest BCUT2D eigenvalue weighted by Gasteiger charge is 2.31. The number of hydrogen-bond acceptors (Lipinski definition) is 7. The summed E-state index contributed by atoms with van der Waals surface area (Å²) in [7, 11) is 1.38. The van der Waals surface area contributed by atoms with Crippen molar-refractivity contribution in [3.05, 3.63) is 53.4 Å². The van der Waals surface area contributed by atoms with E-state index in [9.17, 15) is 14.0 Å². The van der Waals surface area contributed by atoms with Gasteiger partial charge in [-0.3, -0.25) is 14.6 Å². The van der Waals surface area contributed by atoms with Crippen molar-refractivity contribution in [1.29, 1.82) is 0 Å². The van der Waals surface area contributed by atoms with Crippen LogP contribution in [0.4, 0.5) is 4.39 Å². The summed E-state index contributed by atoms with van der Waals surface area (Å²) in [5.74, 6) is -0.746. The van der Waals surface area contributed by atoms with Crippen LogP contribution in [0, 0.1) is 5.82 Å². The van der Waals surface area contributed by atoms with E-state index < -0.39 is 5.82 Å². The van der Waals surface area contributed by atoms with Gasteiger partial charge in [0.1, 0.15) is 0 Å². The minimum absolute atomic E-state index is 0.0158. The van der Waals surface area contributed by atoms with E-state index in [0.29, 0.717) is 51.3 Å². The first-order valence-electron chi connectivity index (χ1n) is 12.8. The molecule has 2 aliphatic rings. The third kappa shape index (κ3) is 4.85. The highest BCUT2D eigenvalue weighted by atomic mass is 19.1. The van der Waals surface area contributed by atoms with Crippen molar-refractivity contribution in [3.63, 3.8) is 0 Å². The Kier molecular flexibility index (Phi) is 7.37. The predicted molar refractivity (Wildman–Crippen MR) is 136 cm³/mol. The second-order valence-electron chi connectivity index (χ2n) is 9.38. The molecule has 0 bridgehead atoms. The summed E-state index contributed by atoms with van der Waals surface area (Å²) in [6.07, 6.45) is 4.93. The first kappa shape index (κ1) is 25.8. The number of aromatic nitrogens is 4. The molecule has 0 aromatic carbocycles. The van der Waals surface area contributed by atoms with Gasteiger partial charge in [0, 0.05) is 49.3 Å². The Morgan fingerprint density at radius 1 is 1.21 bits per heavy atom. The lowest BCUT2D eigenvalue weighted by molar-refractivity contribution is -0.146. The molecule has 10 nitrogen and oxygen atoms in total. The zero-order chi connectivity index (χ0) is 26.8. The lowest BCUT2D eigenvalue weighted by atomic mass is 10.0. The Labute approximate surface area is 220 Å². The van der Waals surface area contributed by atoms with Gasteiger partial charge in [0.05, 0.1) is 61.9 Å². The molecule has 5 heterocycles. The average Bonchev–Trinajstić information content (AvgIpc) is 3.12. The number of methoxy groups -OCH3 is 1. The normalized spacial score (nSPS) is 16.7. The van der Waals surface area contributed by atoms with E-state index in [1.807, 2.05) is 19.1 Å². The summed E-state index contributed by atoms with van der Waals surface area (Å²) >= 11 is 0. The maximum absolute atomic E-state index is 14.5.